The summed E-state index contributed by atoms with van der Waals surface area (Å²) in [6, 6.07) is 2.50. The lowest BCUT2D eigenvalue weighted by Crippen LogP contribution is -2.19. The molecule has 0 aliphatic heterocycles. The predicted molar refractivity (Wildman–Crippen MR) is 69.9 cm³/mol. The smallest absolute Gasteiger partial charge is 0.157 e. The second-order valence-electron chi connectivity index (χ2n) is 4.99. The minimum absolute atomic E-state index is 0.394. The van der Waals surface area contributed by atoms with Gasteiger partial charge in [0.05, 0.1) is 5.69 Å². The fourth-order valence-corrected chi connectivity index (χ4v) is 2.15. The van der Waals surface area contributed by atoms with Crippen LogP contribution in [0, 0.1) is 6.92 Å². The fraction of sp³-hybridized carbons (Fsp3) is 0.667. The van der Waals surface area contributed by atoms with Gasteiger partial charge in [-0.3, -0.25) is 0 Å². The summed E-state index contributed by atoms with van der Waals surface area (Å²) in [5.74, 6) is 0.394. The van der Waals surface area contributed by atoms with Gasteiger partial charge in [0.15, 0.2) is 9.84 Å². The van der Waals surface area contributed by atoms with Crippen LogP contribution in [0.2, 0.25) is 0 Å². The van der Waals surface area contributed by atoms with Gasteiger partial charge in [0.25, 0.3) is 0 Å². The maximum Gasteiger partial charge on any atom is 0.157 e. The van der Waals surface area contributed by atoms with E-state index in [1.165, 1.54) is 19.1 Å². The molecular formula is C12H19N3O2S. The van der Waals surface area contributed by atoms with Gasteiger partial charge in [-0.05, 0) is 32.8 Å². The van der Waals surface area contributed by atoms with E-state index in [2.05, 4.69) is 15.3 Å². The van der Waals surface area contributed by atoms with Crippen LogP contribution in [-0.4, -0.2) is 30.7 Å². The van der Waals surface area contributed by atoms with Gasteiger partial charge < -0.3 is 5.32 Å². The molecule has 0 amide bonds. The van der Waals surface area contributed by atoms with Crippen LogP contribution in [0.5, 0.6) is 0 Å². The maximum absolute atomic E-state index is 11.5. The van der Waals surface area contributed by atoms with Crippen molar-refractivity contribution in [2.45, 2.75) is 44.5 Å². The number of nitrogens with one attached hydrogen (secondary N) is 1. The second kappa shape index (κ2) is 4.93. The highest BCUT2D eigenvalue weighted by Gasteiger charge is 2.22. The molecule has 0 spiro atoms. The lowest BCUT2D eigenvalue weighted by molar-refractivity contribution is 0.587. The molecule has 1 aliphatic rings. The topological polar surface area (TPSA) is 72.0 Å². The monoisotopic (exact) mass is 269 g/mol. The Morgan fingerprint density at radius 3 is 2.67 bits per heavy atom. The Morgan fingerprint density at radius 1 is 1.44 bits per heavy atom. The Kier molecular flexibility index (Phi) is 3.68. The molecule has 2 rings (SSSR count). The number of aromatic nitrogens is 2. The highest BCUT2D eigenvalue weighted by Crippen LogP contribution is 2.20. The normalized spacial score (nSPS) is 17.7. The highest BCUT2D eigenvalue weighted by atomic mass is 32.2. The van der Waals surface area contributed by atoms with Crippen molar-refractivity contribution in [1.82, 2.24) is 15.3 Å². The molecule has 1 N–H and O–H groups in total. The highest BCUT2D eigenvalue weighted by molar-refractivity contribution is 7.90. The number of hydrogen-bond acceptors (Lipinski definition) is 5. The molecule has 1 aromatic rings. The van der Waals surface area contributed by atoms with Gasteiger partial charge in [-0.25, -0.2) is 18.4 Å². The van der Waals surface area contributed by atoms with Crippen molar-refractivity contribution in [1.29, 1.82) is 0 Å². The first-order valence-corrected chi connectivity index (χ1v) is 8.08. The van der Waals surface area contributed by atoms with Gasteiger partial charge in [0.1, 0.15) is 11.1 Å². The summed E-state index contributed by atoms with van der Waals surface area (Å²) in [6.45, 7) is 4.17. The second-order valence-corrected chi connectivity index (χ2v) is 7.35. The summed E-state index contributed by atoms with van der Waals surface area (Å²) < 4.78 is 23.1. The van der Waals surface area contributed by atoms with Gasteiger partial charge in [-0.1, -0.05) is 0 Å². The zero-order valence-electron chi connectivity index (χ0n) is 11.0. The molecule has 1 saturated carbocycles. The first kappa shape index (κ1) is 13.4. The van der Waals surface area contributed by atoms with Crippen molar-refractivity contribution in [2.75, 3.05) is 6.26 Å². The number of nitrogens with zero attached hydrogens (tertiary/aromatic N) is 2. The van der Waals surface area contributed by atoms with Crippen LogP contribution in [0.25, 0.3) is 0 Å². The van der Waals surface area contributed by atoms with E-state index in [4.69, 9.17) is 0 Å². The largest absolute Gasteiger partial charge is 0.308 e. The Labute approximate surface area is 108 Å². The van der Waals surface area contributed by atoms with E-state index in [1.54, 1.807) is 6.92 Å². The van der Waals surface area contributed by atoms with Crippen molar-refractivity contribution in [3.63, 3.8) is 0 Å². The standard InChI is InChI=1S/C12H19N3O2S/c1-8-6-11(7-13-10-4-5-10)15-12(14-8)9(2)18(3,16)17/h6,9-10,13H,4-5,7H2,1-3H3. The summed E-state index contributed by atoms with van der Waals surface area (Å²) in [5, 5.41) is 2.71. The van der Waals surface area contributed by atoms with Gasteiger partial charge in [-0.2, -0.15) is 0 Å². The maximum atomic E-state index is 11.5. The minimum Gasteiger partial charge on any atom is -0.308 e. The van der Waals surface area contributed by atoms with E-state index in [0.717, 1.165) is 11.4 Å². The summed E-state index contributed by atoms with van der Waals surface area (Å²) in [6.07, 6.45) is 3.65. The molecule has 6 heteroatoms. The van der Waals surface area contributed by atoms with Crippen molar-refractivity contribution in [3.8, 4) is 0 Å². The van der Waals surface area contributed by atoms with Crippen LogP contribution in [0.4, 0.5) is 0 Å². The third kappa shape index (κ3) is 3.49. The van der Waals surface area contributed by atoms with Gasteiger partial charge in [0.2, 0.25) is 0 Å². The Morgan fingerprint density at radius 2 is 2.11 bits per heavy atom. The van der Waals surface area contributed by atoms with Crippen LogP contribution >= 0.6 is 0 Å². The van der Waals surface area contributed by atoms with Gasteiger partial charge >= 0.3 is 0 Å². The van der Waals surface area contributed by atoms with Gasteiger partial charge in [-0.15, -0.1) is 0 Å². The molecule has 0 bridgehead atoms. The minimum atomic E-state index is -3.15. The molecule has 0 aromatic carbocycles. The van der Waals surface area contributed by atoms with E-state index in [0.29, 0.717) is 18.4 Å². The van der Waals surface area contributed by atoms with Crippen LogP contribution in [0.3, 0.4) is 0 Å². The summed E-state index contributed by atoms with van der Waals surface area (Å²) in [7, 11) is -3.15. The summed E-state index contributed by atoms with van der Waals surface area (Å²) >= 11 is 0. The molecule has 1 aromatic heterocycles. The SMILES string of the molecule is Cc1cc(CNC2CC2)nc(C(C)S(C)(=O)=O)n1. The molecule has 1 unspecified atom stereocenters. The molecule has 5 nitrogen and oxygen atoms in total. The first-order chi connectivity index (χ1) is 8.36. The molecular weight excluding hydrogens is 250 g/mol. The number of sulfone groups is 1. The third-order valence-electron chi connectivity index (χ3n) is 3.08. The van der Waals surface area contributed by atoms with Crippen molar-refractivity contribution in [3.05, 3.63) is 23.3 Å². The summed E-state index contributed by atoms with van der Waals surface area (Å²) in [5.41, 5.74) is 1.67. The van der Waals surface area contributed by atoms with Crippen molar-refractivity contribution >= 4 is 9.84 Å². The zero-order valence-corrected chi connectivity index (χ0v) is 11.8. The Bertz CT molecular complexity index is 538. The quantitative estimate of drug-likeness (QED) is 0.868. The predicted octanol–water partition coefficient (Wildman–Crippen LogP) is 1.14. The molecule has 1 aliphatic carbocycles. The number of hydrogen-bond donors (Lipinski definition) is 1. The van der Waals surface area contributed by atoms with Crippen LogP contribution in [0.15, 0.2) is 6.07 Å². The lowest BCUT2D eigenvalue weighted by Gasteiger charge is -2.11. The first-order valence-electron chi connectivity index (χ1n) is 6.13. The molecule has 1 fully saturated rings. The van der Waals surface area contributed by atoms with Gasteiger partial charge in [0, 0.05) is 24.5 Å². The van der Waals surface area contributed by atoms with Crippen LogP contribution in [0.1, 0.15) is 42.2 Å². The molecule has 18 heavy (non-hydrogen) atoms. The van der Waals surface area contributed by atoms with Crippen LogP contribution in [-0.2, 0) is 16.4 Å². The fourth-order valence-electron chi connectivity index (χ4n) is 1.66. The lowest BCUT2D eigenvalue weighted by atomic mass is 10.3. The third-order valence-corrected chi connectivity index (χ3v) is 4.57. The molecule has 1 heterocycles. The van der Waals surface area contributed by atoms with E-state index < -0.39 is 15.1 Å². The summed E-state index contributed by atoms with van der Waals surface area (Å²) in [4.78, 5) is 8.57. The average Bonchev–Trinajstić information content (AvgIpc) is 3.07. The Balaban J connectivity index is 2.19. The van der Waals surface area contributed by atoms with E-state index in [9.17, 15) is 8.42 Å². The van der Waals surface area contributed by atoms with E-state index >= 15 is 0 Å². The van der Waals surface area contributed by atoms with Crippen LogP contribution < -0.4 is 5.32 Å². The van der Waals surface area contributed by atoms with E-state index in [-0.39, 0.29) is 0 Å². The molecule has 0 radical (unpaired) electrons. The molecule has 0 saturated heterocycles. The zero-order chi connectivity index (χ0) is 13.3. The van der Waals surface area contributed by atoms with E-state index in [1.807, 2.05) is 13.0 Å². The van der Waals surface area contributed by atoms with Crippen molar-refractivity contribution in [2.24, 2.45) is 0 Å². The molecule has 100 valence electrons. The average molecular weight is 269 g/mol. The molecule has 1 atom stereocenters. The number of aryl methyl sites for hydroxylation is 1. The Hall–Kier alpha value is -1.01. The van der Waals surface area contributed by atoms with Crippen molar-refractivity contribution < 1.29 is 8.42 Å². The number of rotatable bonds is 5.